The fourth-order valence-electron chi connectivity index (χ4n) is 1.54. The van der Waals surface area contributed by atoms with E-state index in [0.29, 0.717) is 22.8 Å². The van der Waals surface area contributed by atoms with Crippen LogP contribution in [0.2, 0.25) is 0 Å². The lowest BCUT2D eigenvalue weighted by atomic mass is 10.2. The van der Waals surface area contributed by atoms with E-state index in [4.69, 9.17) is 4.74 Å². The van der Waals surface area contributed by atoms with Crippen molar-refractivity contribution in [3.8, 4) is 5.75 Å². The minimum absolute atomic E-state index is 0.293. The molecule has 1 aromatic carbocycles. The first kappa shape index (κ1) is 14.3. The zero-order valence-electron chi connectivity index (χ0n) is 10.2. The van der Waals surface area contributed by atoms with E-state index in [1.165, 1.54) is 13.2 Å². The van der Waals surface area contributed by atoms with E-state index >= 15 is 0 Å². The Hall–Kier alpha value is -2.09. The molecule has 0 bridgehead atoms. The Balaban J connectivity index is 2.27. The van der Waals surface area contributed by atoms with Crippen LogP contribution in [0.25, 0.3) is 0 Å². The number of nitrogens with zero attached hydrogens (tertiary/aromatic N) is 1. The first-order valence-corrected chi connectivity index (χ1v) is 6.26. The summed E-state index contributed by atoms with van der Waals surface area (Å²) in [4.78, 5) is 14.6. The van der Waals surface area contributed by atoms with Crippen LogP contribution in [0.3, 0.4) is 0 Å². The Morgan fingerprint density at radius 2 is 2.05 bits per heavy atom. The number of alkyl halides is 3. The molecule has 0 aliphatic rings. The third kappa shape index (κ3) is 2.90. The van der Waals surface area contributed by atoms with Crippen molar-refractivity contribution < 1.29 is 22.7 Å². The second-order valence-corrected chi connectivity index (χ2v) is 4.54. The van der Waals surface area contributed by atoms with Crippen molar-refractivity contribution in [2.24, 2.45) is 0 Å². The van der Waals surface area contributed by atoms with E-state index in [2.05, 4.69) is 10.3 Å². The molecular weight excluding hydrogens is 293 g/mol. The summed E-state index contributed by atoms with van der Waals surface area (Å²) in [5, 5.41) is 2.38. The molecule has 0 aliphatic carbocycles. The number of aromatic nitrogens is 1. The molecular formula is C12H9F3N2O2S. The first-order chi connectivity index (χ1) is 9.43. The largest absolute Gasteiger partial charge is 0.495 e. The van der Waals surface area contributed by atoms with Gasteiger partial charge in [0.05, 0.1) is 18.3 Å². The maximum Gasteiger partial charge on any atom is 0.434 e. The summed E-state index contributed by atoms with van der Waals surface area (Å²) in [5.41, 5.74) is 0.0939. The Morgan fingerprint density at radius 1 is 1.35 bits per heavy atom. The predicted molar refractivity (Wildman–Crippen MR) is 68.1 cm³/mol. The molecule has 20 heavy (non-hydrogen) atoms. The second kappa shape index (κ2) is 5.49. The van der Waals surface area contributed by atoms with Crippen molar-refractivity contribution in [1.82, 2.24) is 4.98 Å². The Kier molecular flexibility index (Phi) is 3.93. The number of benzene rings is 1. The average Bonchev–Trinajstić information content (AvgIpc) is 2.88. The predicted octanol–water partition coefficient (Wildman–Crippen LogP) is 3.42. The Labute approximate surface area is 116 Å². The van der Waals surface area contributed by atoms with E-state index in [1.807, 2.05) is 0 Å². The molecule has 8 heteroatoms. The van der Waals surface area contributed by atoms with Gasteiger partial charge in [-0.1, -0.05) is 12.1 Å². The van der Waals surface area contributed by atoms with Crippen LogP contribution in [0.1, 0.15) is 15.4 Å². The minimum atomic E-state index is -4.66. The van der Waals surface area contributed by atoms with Gasteiger partial charge in [-0.15, -0.1) is 11.3 Å². The number of methoxy groups -OCH3 is 1. The topological polar surface area (TPSA) is 51.2 Å². The number of hydrogen-bond donors (Lipinski definition) is 1. The summed E-state index contributed by atoms with van der Waals surface area (Å²) in [7, 11) is 1.40. The van der Waals surface area contributed by atoms with Crippen molar-refractivity contribution in [2.45, 2.75) is 6.18 Å². The van der Waals surface area contributed by atoms with Crippen LogP contribution in [0, 0.1) is 0 Å². The fourth-order valence-corrected chi connectivity index (χ4v) is 2.24. The van der Waals surface area contributed by atoms with Gasteiger partial charge >= 0.3 is 6.18 Å². The lowest BCUT2D eigenvalue weighted by Gasteiger charge is -2.10. The number of thiazole rings is 1. The van der Waals surface area contributed by atoms with Crippen LogP contribution in [0.4, 0.5) is 18.9 Å². The smallest absolute Gasteiger partial charge is 0.434 e. The van der Waals surface area contributed by atoms with E-state index in [-0.39, 0.29) is 0 Å². The molecule has 1 amide bonds. The van der Waals surface area contributed by atoms with Gasteiger partial charge < -0.3 is 10.1 Å². The zero-order chi connectivity index (χ0) is 14.8. The third-order valence-electron chi connectivity index (χ3n) is 2.40. The van der Waals surface area contributed by atoms with Crippen LogP contribution in [0.5, 0.6) is 5.75 Å². The molecule has 1 aromatic heterocycles. The molecule has 1 N–H and O–H groups in total. The summed E-state index contributed by atoms with van der Waals surface area (Å²) in [6, 6.07) is 6.44. The van der Waals surface area contributed by atoms with Gasteiger partial charge in [0.25, 0.3) is 5.91 Å². The number of para-hydroxylation sites is 2. The van der Waals surface area contributed by atoms with Gasteiger partial charge in [-0.3, -0.25) is 4.79 Å². The van der Waals surface area contributed by atoms with Crippen LogP contribution < -0.4 is 10.1 Å². The molecule has 1 heterocycles. The Bertz CT molecular complexity index is 625. The molecule has 0 saturated carbocycles. The van der Waals surface area contributed by atoms with E-state index < -0.39 is 22.7 Å². The number of nitrogens with one attached hydrogen (secondary N) is 1. The molecule has 0 atom stereocenters. The standard InChI is InChI=1S/C12H9F3N2O2S/c1-19-8-5-3-2-4-7(8)17-11(18)9-10(12(13,14)15)16-6-20-9/h2-6H,1H3,(H,17,18). The highest BCUT2D eigenvalue weighted by atomic mass is 32.1. The van der Waals surface area contributed by atoms with Gasteiger partial charge in [0.15, 0.2) is 5.69 Å². The lowest BCUT2D eigenvalue weighted by molar-refractivity contribution is -0.141. The van der Waals surface area contributed by atoms with Crippen molar-refractivity contribution in [3.63, 3.8) is 0 Å². The molecule has 0 radical (unpaired) electrons. The van der Waals surface area contributed by atoms with Crippen LogP contribution in [-0.2, 0) is 6.18 Å². The number of amides is 1. The number of carbonyl (C=O) groups excluding carboxylic acids is 1. The van der Waals surface area contributed by atoms with Crippen molar-refractivity contribution in [1.29, 1.82) is 0 Å². The van der Waals surface area contributed by atoms with Crippen LogP contribution in [0.15, 0.2) is 29.8 Å². The van der Waals surface area contributed by atoms with E-state index in [0.717, 1.165) is 5.51 Å². The lowest BCUT2D eigenvalue weighted by Crippen LogP contribution is -2.17. The molecule has 0 aliphatic heterocycles. The summed E-state index contributed by atoms with van der Waals surface area (Å²) < 4.78 is 43.0. The van der Waals surface area contributed by atoms with Crippen LogP contribution >= 0.6 is 11.3 Å². The fraction of sp³-hybridized carbons (Fsp3) is 0.167. The second-order valence-electron chi connectivity index (χ2n) is 3.68. The van der Waals surface area contributed by atoms with Crippen molar-refractivity contribution in [2.75, 3.05) is 12.4 Å². The van der Waals surface area contributed by atoms with Crippen molar-refractivity contribution in [3.05, 3.63) is 40.3 Å². The monoisotopic (exact) mass is 302 g/mol. The van der Waals surface area contributed by atoms with E-state index in [9.17, 15) is 18.0 Å². The van der Waals surface area contributed by atoms with Gasteiger partial charge in [0.1, 0.15) is 10.6 Å². The van der Waals surface area contributed by atoms with E-state index in [1.54, 1.807) is 18.2 Å². The normalized spacial score (nSPS) is 11.2. The van der Waals surface area contributed by atoms with Gasteiger partial charge in [-0.25, -0.2) is 4.98 Å². The highest BCUT2D eigenvalue weighted by Crippen LogP contribution is 2.33. The number of carbonyl (C=O) groups is 1. The summed E-state index contributed by atoms with van der Waals surface area (Å²) in [6.45, 7) is 0. The number of rotatable bonds is 3. The molecule has 106 valence electrons. The molecule has 0 unspecified atom stereocenters. The van der Waals surface area contributed by atoms with Crippen LogP contribution in [-0.4, -0.2) is 18.0 Å². The Morgan fingerprint density at radius 3 is 2.70 bits per heavy atom. The molecule has 2 rings (SSSR count). The number of anilines is 1. The highest BCUT2D eigenvalue weighted by Gasteiger charge is 2.38. The van der Waals surface area contributed by atoms with Gasteiger partial charge in [-0.2, -0.15) is 13.2 Å². The maximum atomic E-state index is 12.7. The average molecular weight is 302 g/mol. The molecule has 4 nitrogen and oxygen atoms in total. The van der Waals surface area contributed by atoms with Crippen molar-refractivity contribution >= 4 is 22.9 Å². The first-order valence-electron chi connectivity index (χ1n) is 5.38. The molecule has 0 fully saturated rings. The zero-order valence-corrected chi connectivity index (χ0v) is 11.0. The third-order valence-corrected chi connectivity index (χ3v) is 3.22. The highest BCUT2D eigenvalue weighted by molar-refractivity contribution is 7.12. The molecule has 0 saturated heterocycles. The quantitative estimate of drug-likeness (QED) is 0.945. The summed E-state index contributed by atoms with van der Waals surface area (Å²) in [5.74, 6) is -0.511. The minimum Gasteiger partial charge on any atom is -0.495 e. The van der Waals surface area contributed by atoms with Gasteiger partial charge in [-0.05, 0) is 12.1 Å². The molecule has 0 spiro atoms. The maximum absolute atomic E-state index is 12.7. The number of halogens is 3. The molecule has 2 aromatic rings. The summed E-state index contributed by atoms with van der Waals surface area (Å²) >= 11 is 0.633. The number of hydrogen-bond acceptors (Lipinski definition) is 4. The van der Waals surface area contributed by atoms with Gasteiger partial charge in [0, 0.05) is 0 Å². The summed E-state index contributed by atoms with van der Waals surface area (Å²) in [6.07, 6.45) is -4.66. The SMILES string of the molecule is COc1ccccc1NC(=O)c1scnc1C(F)(F)F. The number of ether oxygens (including phenoxy) is 1. The van der Waals surface area contributed by atoms with Gasteiger partial charge in [0.2, 0.25) is 0 Å².